The number of allylic oxidation sites excluding steroid dienone is 2. The highest BCUT2D eigenvalue weighted by Crippen LogP contribution is 2.39. The van der Waals surface area contributed by atoms with Gasteiger partial charge in [-0.05, 0) is 42.9 Å². The van der Waals surface area contributed by atoms with Crippen LogP contribution in [0.25, 0.3) is 10.6 Å². The summed E-state index contributed by atoms with van der Waals surface area (Å²) in [5.74, 6) is 0.851. The van der Waals surface area contributed by atoms with Gasteiger partial charge in [0.25, 0.3) is 0 Å². The third kappa shape index (κ3) is 4.60. The van der Waals surface area contributed by atoms with Crippen molar-refractivity contribution in [3.63, 3.8) is 0 Å². The maximum Gasteiger partial charge on any atom is 0.143 e. The topological polar surface area (TPSA) is 99.4 Å². The molecule has 0 fully saturated rings. The van der Waals surface area contributed by atoms with Crippen LogP contribution < -0.4 is 5.73 Å². The van der Waals surface area contributed by atoms with Gasteiger partial charge in [-0.2, -0.15) is 10.5 Å². The molecule has 2 N–H and O–H groups in total. The number of nitrogens with zero attached hydrogens (tertiary/aromatic N) is 4. The van der Waals surface area contributed by atoms with Crippen molar-refractivity contribution in [3.05, 3.63) is 69.2 Å². The van der Waals surface area contributed by atoms with Crippen LogP contribution >= 0.6 is 34.7 Å². The molecular formula is C23H18ClN5S2. The lowest BCUT2D eigenvalue weighted by Crippen LogP contribution is -2.11. The van der Waals surface area contributed by atoms with Gasteiger partial charge in [-0.15, -0.1) is 11.3 Å². The lowest BCUT2D eigenvalue weighted by atomic mass is 9.83. The zero-order chi connectivity index (χ0) is 21.8. The zero-order valence-corrected chi connectivity index (χ0v) is 18.9. The van der Waals surface area contributed by atoms with E-state index in [1.54, 1.807) is 11.3 Å². The molecule has 1 aliphatic rings. The largest absolute Gasteiger partial charge is 0.383 e. The second kappa shape index (κ2) is 9.53. The molecule has 0 saturated carbocycles. The van der Waals surface area contributed by atoms with Gasteiger partial charge < -0.3 is 5.73 Å². The molecule has 0 aliphatic heterocycles. The molecule has 0 radical (unpaired) electrons. The van der Waals surface area contributed by atoms with Gasteiger partial charge in [0.05, 0.1) is 16.8 Å². The fourth-order valence-electron chi connectivity index (χ4n) is 3.63. The number of thioether (sulfide) groups is 1. The van der Waals surface area contributed by atoms with Crippen LogP contribution in [0.3, 0.4) is 0 Å². The number of thiazole rings is 1. The van der Waals surface area contributed by atoms with E-state index in [1.807, 2.05) is 29.6 Å². The molecule has 5 nitrogen and oxygen atoms in total. The van der Waals surface area contributed by atoms with Crippen LogP contribution in [0.2, 0.25) is 5.02 Å². The van der Waals surface area contributed by atoms with E-state index in [-0.39, 0.29) is 11.7 Å². The number of halogens is 1. The molecule has 2 heterocycles. The monoisotopic (exact) mass is 463 g/mol. The third-order valence-corrected chi connectivity index (χ3v) is 7.33. The second-order valence-corrected chi connectivity index (χ2v) is 9.37. The number of rotatable bonds is 5. The average molecular weight is 464 g/mol. The molecule has 154 valence electrons. The molecule has 0 saturated heterocycles. The summed E-state index contributed by atoms with van der Waals surface area (Å²) in [5.41, 5.74) is 9.57. The van der Waals surface area contributed by atoms with Gasteiger partial charge in [-0.1, -0.05) is 47.6 Å². The molecule has 0 amide bonds. The van der Waals surface area contributed by atoms with Crippen molar-refractivity contribution < 1.29 is 0 Å². The number of nitrogens with two attached hydrogens (primary N) is 1. The second-order valence-electron chi connectivity index (χ2n) is 7.11. The van der Waals surface area contributed by atoms with Crippen LogP contribution in [0.1, 0.15) is 47.6 Å². The normalized spacial score (nSPS) is 15.4. The molecule has 4 rings (SSSR count). The summed E-state index contributed by atoms with van der Waals surface area (Å²) in [6.07, 6.45) is 6.86. The summed E-state index contributed by atoms with van der Waals surface area (Å²) < 4.78 is 0. The first kappa shape index (κ1) is 21.4. The zero-order valence-electron chi connectivity index (χ0n) is 16.5. The quantitative estimate of drug-likeness (QED) is 0.352. The molecule has 1 aromatic carbocycles. The number of pyridine rings is 1. The minimum absolute atomic E-state index is 0.106. The van der Waals surface area contributed by atoms with E-state index in [4.69, 9.17) is 22.3 Å². The minimum Gasteiger partial charge on any atom is -0.383 e. The van der Waals surface area contributed by atoms with Gasteiger partial charge in [-0.25, -0.2) is 9.97 Å². The van der Waals surface area contributed by atoms with E-state index in [0.717, 1.165) is 41.1 Å². The summed E-state index contributed by atoms with van der Waals surface area (Å²) in [5, 5.41) is 23.7. The summed E-state index contributed by atoms with van der Waals surface area (Å²) in [6, 6.07) is 12.0. The van der Waals surface area contributed by atoms with E-state index in [9.17, 15) is 10.5 Å². The number of benzene rings is 1. The highest BCUT2D eigenvalue weighted by Gasteiger charge is 2.26. The average Bonchev–Trinajstić information content (AvgIpc) is 3.27. The SMILES string of the molecule is N#Cc1c(N)nc(SCc2csc(-c3ccc(Cl)cc3)n2)c(C#N)c1C1CC=CCC1. The van der Waals surface area contributed by atoms with Crippen LogP contribution in [0.15, 0.2) is 46.8 Å². The van der Waals surface area contributed by atoms with Crippen molar-refractivity contribution in [1.82, 2.24) is 9.97 Å². The van der Waals surface area contributed by atoms with Gasteiger partial charge in [-0.3, -0.25) is 0 Å². The molecular weight excluding hydrogens is 446 g/mol. The molecule has 0 spiro atoms. The Morgan fingerprint density at radius 3 is 2.58 bits per heavy atom. The Hall–Kier alpha value is -2.84. The Labute approximate surface area is 194 Å². The Bertz CT molecular complexity index is 1220. The van der Waals surface area contributed by atoms with Crippen molar-refractivity contribution in [3.8, 4) is 22.7 Å². The lowest BCUT2D eigenvalue weighted by molar-refractivity contribution is 0.612. The number of hydrogen-bond acceptors (Lipinski definition) is 7. The molecule has 1 unspecified atom stereocenters. The molecule has 31 heavy (non-hydrogen) atoms. The number of anilines is 1. The first-order chi connectivity index (χ1) is 15.1. The smallest absolute Gasteiger partial charge is 0.143 e. The van der Waals surface area contributed by atoms with E-state index in [2.05, 4.69) is 29.3 Å². The van der Waals surface area contributed by atoms with Crippen molar-refractivity contribution in [1.29, 1.82) is 10.5 Å². The molecule has 0 bridgehead atoms. The van der Waals surface area contributed by atoms with Gasteiger partial charge >= 0.3 is 0 Å². The van der Waals surface area contributed by atoms with E-state index in [0.29, 0.717) is 26.9 Å². The molecule has 8 heteroatoms. The Morgan fingerprint density at radius 1 is 1.13 bits per heavy atom. The molecule has 1 atom stereocenters. The third-order valence-electron chi connectivity index (χ3n) is 5.13. The van der Waals surface area contributed by atoms with Crippen molar-refractivity contribution in [2.75, 3.05) is 5.73 Å². The Kier molecular flexibility index (Phi) is 6.58. The van der Waals surface area contributed by atoms with Gasteiger partial charge in [0.15, 0.2) is 0 Å². The number of aromatic nitrogens is 2. The number of nitrogen functional groups attached to an aromatic ring is 1. The predicted molar refractivity (Wildman–Crippen MR) is 126 cm³/mol. The summed E-state index contributed by atoms with van der Waals surface area (Å²) in [6.45, 7) is 0. The van der Waals surface area contributed by atoms with Crippen molar-refractivity contribution in [2.24, 2.45) is 0 Å². The molecule has 1 aliphatic carbocycles. The Balaban J connectivity index is 1.61. The van der Waals surface area contributed by atoms with Crippen molar-refractivity contribution >= 4 is 40.5 Å². The van der Waals surface area contributed by atoms with E-state index in [1.165, 1.54) is 11.8 Å². The first-order valence-corrected chi connectivity index (χ1v) is 12.0. The van der Waals surface area contributed by atoms with Crippen LogP contribution in [0.5, 0.6) is 0 Å². The lowest BCUT2D eigenvalue weighted by Gasteiger charge is -2.22. The van der Waals surface area contributed by atoms with Gasteiger partial charge in [0.2, 0.25) is 0 Å². The number of hydrogen-bond donors (Lipinski definition) is 1. The molecule has 3 aromatic rings. The Morgan fingerprint density at radius 2 is 1.90 bits per heavy atom. The van der Waals surface area contributed by atoms with E-state index < -0.39 is 0 Å². The fourth-order valence-corrected chi connectivity index (χ4v) is 5.59. The molecule has 2 aromatic heterocycles. The van der Waals surface area contributed by atoms with Crippen molar-refractivity contribution in [2.45, 2.75) is 36.0 Å². The minimum atomic E-state index is 0.106. The van der Waals surface area contributed by atoms with Crippen LogP contribution in [0, 0.1) is 22.7 Å². The highest BCUT2D eigenvalue weighted by molar-refractivity contribution is 7.98. The maximum absolute atomic E-state index is 9.92. The van der Waals surface area contributed by atoms with Gasteiger partial charge in [0.1, 0.15) is 28.0 Å². The van der Waals surface area contributed by atoms with E-state index >= 15 is 0 Å². The standard InChI is InChI=1S/C23H18ClN5S2/c24-16-8-6-15(7-9-16)22-28-17(12-30-22)13-31-23-19(11-26)20(14-4-2-1-3-5-14)18(10-25)21(27)29-23/h1-2,6-9,12,14H,3-5,13H2,(H2,27,29). The fraction of sp³-hybridized carbons (Fsp3) is 0.217. The summed E-state index contributed by atoms with van der Waals surface area (Å²) in [4.78, 5) is 9.10. The summed E-state index contributed by atoms with van der Waals surface area (Å²) >= 11 is 8.96. The van der Waals surface area contributed by atoms with Crippen LogP contribution in [0.4, 0.5) is 5.82 Å². The highest BCUT2D eigenvalue weighted by atomic mass is 35.5. The predicted octanol–water partition coefficient (Wildman–Crippen LogP) is 6.30. The van der Waals surface area contributed by atoms with Crippen LogP contribution in [-0.4, -0.2) is 9.97 Å². The first-order valence-electron chi connectivity index (χ1n) is 9.72. The maximum atomic E-state index is 9.92. The van der Waals surface area contributed by atoms with Crippen LogP contribution in [-0.2, 0) is 5.75 Å². The van der Waals surface area contributed by atoms with Gasteiger partial charge in [0, 0.05) is 21.7 Å². The number of nitriles is 2. The summed E-state index contributed by atoms with van der Waals surface area (Å²) in [7, 11) is 0.